The summed E-state index contributed by atoms with van der Waals surface area (Å²) in [7, 11) is 0. The fourth-order valence-electron chi connectivity index (χ4n) is 4.02. The van der Waals surface area contributed by atoms with E-state index in [0.717, 1.165) is 19.3 Å². The van der Waals surface area contributed by atoms with Gasteiger partial charge in [0.05, 0.1) is 0 Å². The lowest BCUT2D eigenvalue weighted by molar-refractivity contribution is -0.179. The Bertz CT molecular complexity index is 463. The minimum absolute atomic E-state index is 0.0157. The van der Waals surface area contributed by atoms with E-state index in [1.165, 1.54) is 12.8 Å². The Balaban J connectivity index is 2.20. The Morgan fingerprint density at radius 3 is 2.60 bits per heavy atom. The lowest BCUT2D eigenvalue weighted by Gasteiger charge is -2.42. The number of carbonyl (C=O) groups is 1. The van der Waals surface area contributed by atoms with Gasteiger partial charge in [0.2, 0.25) is 6.29 Å². The second-order valence-electron chi connectivity index (χ2n) is 8.35. The van der Waals surface area contributed by atoms with Crippen molar-refractivity contribution in [3.8, 4) is 0 Å². The van der Waals surface area contributed by atoms with Gasteiger partial charge in [-0.15, -0.1) is 0 Å². The summed E-state index contributed by atoms with van der Waals surface area (Å²) in [6.07, 6.45) is 7.54. The van der Waals surface area contributed by atoms with Crippen LogP contribution in [0.15, 0.2) is 11.8 Å². The second-order valence-corrected chi connectivity index (χ2v) is 8.35. The van der Waals surface area contributed by atoms with E-state index in [-0.39, 0.29) is 35.8 Å². The largest absolute Gasteiger partial charge is 0.459 e. The molecule has 1 fully saturated rings. The average Bonchev–Trinajstić information content (AvgIpc) is 3.05. The maximum atomic E-state index is 12.7. The third-order valence-electron chi connectivity index (χ3n) is 5.33. The van der Waals surface area contributed by atoms with Gasteiger partial charge in [-0.2, -0.15) is 0 Å². The normalized spacial score (nSPS) is 27.7. The quantitative estimate of drug-likeness (QED) is 0.736. The van der Waals surface area contributed by atoms with Gasteiger partial charge in [0.15, 0.2) is 5.76 Å². The zero-order valence-corrected chi connectivity index (χ0v) is 16.2. The van der Waals surface area contributed by atoms with E-state index in [2.05, 4.69) is 26.1 Å². The molecule has 0 aromatic carbocycles. The van der Waals surface area contributed by atoms with Crippen molar-refractivity contribution in [2.24, 2.45) is 17.3 Å². The highest BCUT2D eigenvalue weighted by molar-refractivity contribution is 5.91. The lowest BCUT2D eigenvalue weighted by Crippen LogP contribution is -2.44. The van der Waals surface area contributed by atoms with Crippen molar-refractivity contribution in [1.29, 1.82) is 0 Å². The lowest BCUT2D eigenvalue weighted by atomic mass is 9.70. The number of allylic oxidation sites excluding steroid dienone is 1. The maximum absolute atomic E-state index is 12.7. The summed E-state index contributed by atoms with van der Waals surface area (Å²) < 4.78 is 11.8. The van der Waals surface area contributed by atoms with Crippen LogP contribution in [-0.4, -0.2) is 36.6 Å². The first-order valence-corrected chi connectivity index (χ1v) is 9.78. The van der Waals surface area contributed by atoms with Crippen LogP contribution in [0.4, 0.5) is 0 Å². The first-order chi connectivity index (χ1) is 11.9. The Kier molecular flexibility index (Phi) is 7.32. The van der Waals surface area contributed by atoms with Crippen LogP contribution in [0.2, 0.25) is 0 Å². The molecule has 25 heavy (non-hydrogen) atoms. The maximum Gasteiger partial charge on any atom is 0.286 e. The highest BCUT2D eigenvalue weighted by Gasteiger charge is 2.42. The van der Waals surface area contributed by atoms with Crippen LogP contribution in [0.5, 0.6) is 0 Å². The first-order valence-electron chi connectivity index (χ1n) is 9.78. The van der Waals surface area contributed by atoms with Crippen molar-refractivity contribution < 1.29 is 19.4 Å². The fraction of sp³-hybridized carbons (Fsp3) is 0.850. The van der Waals surface area contributed by atoms with Crippen molar-refractivity contribution in [2.75, 3.05) is 13.2 Å². The van der Waals surface area contributed by atoms with Crippen LogP contribution in [0.3, 0.4) is 0 Å². The first kappa shape index (κ1) is 20.2. The van der Waals surface area contributed by atoms with Crippen LogP contribution in [0, 0.1) is 17.3 Å². The molecule has 1 saturated carbocycles. The molecule has 2 N–H and O–H groups in total. The van der Waals surface area contributed by atoms with E-state index in [1.54, 1.807) is 0 Å². The molecule has 0 radical (unpaired) electrons. The van der Waals surface area contributed by atoms with Gasteiger partial charge in [0.1, 0.15) is 0 Å². The Morgan fingerprint density at radius 1 is 1.36 bits per heavy atom. The summed E-state index contributed by atoms with van der Waals surface area (Å²) in [4.78, 5) is 12.7. The van der Waals surface area contributed by atoms with Gasteiger partial charge in [-0.3, -0.25) is 4.79 Å². The van der Waals surface area contributed by atoms with Gasteiger partial charge in [-0.1, -0.05) is 33.6 Å². The van der Waals surface area contributed by atoms with E-state index in [0.29, 0.717) is 18.8 Å². The van der Waals surface area contributed by atoms with Crippen LogP contribution < -0.4 is 5.32 Å². The molecule has 0 aromatic heterocycles. The molecule has 144 valence electrons. The molecular weight excluding hydrogens is 318 g/mol. The van der Waals surface area contributed by atoms with Gasteiger partial charge in [-0.25, -0.2) is 0 Å². The fourth-order valence-corrected chi connectivity index (χ4v) is 4.02. The molecule has 0 unspecified atom stereocenters. The Hall–Kier alpha value is -1.07. The van der Waals surface area contributed by atoms with E-state index >= 15 is 0 Å². The standard InChI is InChI=1S/C20H35NO4/c1-5-24-19-15(11-8-12-22)16(20(2,3)4)13-17(25-19)18(23)21-14-9-6-7-10-14/h13-16,19,22H,5-12H2,1-4H3,(H,21,23)/t15-,16-,19+/m1/s1. The van der Waals surface area contributed by atoms with Gasteiger partial charge < -0.3 is 19.9 Å². The number of aliphatic hydroxyl groups is 1. The number of hydrogen-bond acceptors (Lipinski definition) is 4. The van der Waals surface area contributed by atoms with Gasteiger partial charge in [-0.05, 0) is 50.0 Å². The summed E-state index contributed by atoms with van der Waals surface area (Å²) in [5.41, 5.74) is -0.0157. The van der Waals surface area contributed by atoms with Crippen molar-refractivity contribution in [1.82, 2.24) is 5.32 Å². The van der Waals surface area contributed by atoms with Gasteiger partial charge >= 0.3 is 0 Å². The van der Waals surface area contributed by atoms with Gasteiger partial charge in [0, 0.05) is 25.2 Å². The highest BCUT2D eigenvalue weighted by atomic mass is 16.7. The number of rotatable bonds is 7. The molecule has 2 aliphatic rings. The van der Waals surface area contributed by atoms with Crippen LogP contribution in [0.1, 0.15) is 66.2 Å². The summed E-state index contributed by atoms with van der Waals surface area (Å²) in [5, 5.41) is 12.4. The monoisotopic (exact) mass is 353 g/mol. The molecule has 1 heterocycles. The zero-order chi connectivity index (χ0) is 18.4. The number of ether oxygens (including phenoxy) is 2. The molecule has 1 amide bonds. The number of nitrogens with one attached hydrogen (secondary N) is 1. The van der Waals surface area contributed by atoms with Crippen molar-refractivity contribution in [2.45, 2.75) is 78.6 Å². The Morgan fingerprint density at radius 2 is 2.04 bits per heavy atom. The number of hydrogen-bond donors (Lipinski definition) is 2. The minimum atomic E-state index is -0.435. The molecule has 5 heteroatoms. The summed E-state index contributed by atoms with van der Waals surface area (Å²) in [6.45, 7) is 9.18. The van der Waals surface area contributed by atoms with Crippen molar-refractivity contribution in [3.05, 3.63) is 11.8 Å². The zero-order valence-electron chi connectivity index (χ0n) is 16.2. The van der Waals surface area contributed by atoms with Crippen LogP contribution in [0.25, 0.3) is 0 Å². The third kappa shape index (κ3) is 5.45. The van der Waals surface area contributed by atoms with E-state index in [4.69, 9.17) is 9.47 Å². The van der Waals surface area contributed by atoms with Crippen molar-refractivity contribution in [3.63, 3.8) is 0 Å². The SMILES string of the molecule is CCO[C@H]1OC(C(=O)NC2CCCC2)=C[C@@H](C(C)(C)C)[C@H]1CCCO. The second kappa shape index (κ2) is 9.04. The predicted molar refractivity (Wildman–Crippen MR) is 97.7 cm³/mol. The summed E-state index contributed by atoms with van der Waals surface area (Å²) in [5.74, 6) is 0.570. The molecule has 0 bridgehead atoms. The molecule has 0 saturated heterocycles. The predicted octanol–water partition coefficient (Wildman–Crippen LogP) is 3.37. The molecular formula is C20H35NO4. The molecule has 2 rings (SSSR count). The van der Waals surface area contributed by atoms with E-state index < -0.39 is 6.29 Å². The molecule has 0 spiro atoms. The summed E-state index contributed by atoms with van der Waals surface area (Å²) in [6, 6.07) is 0.266. The summed E-state index contributed by atoms with van der Waals surface area (Å²) >= 11 is 0. The van der Waals surface area contributed by atoms with Crippen LogP contribution in [-0.2, 0) is 14.3 Å². The molecule has 3 atom stereocenters. The number of carbonyl (C=O) groups excluding carboxylic acids is 1. The average molecular weight is 354 g/mol. The Labute approximate surface area is 152 Å². The molecule has 0 aromatic rings. The van der Waals surface area contributed by atoms with E-state index in [9.17, 15) is 9.90 Å². The highest BCUT2D eigenvalue weighted by Crippen LogP contribution is 2.42. The molecule has 1 aliphatic heterocycles. The van der Waals surface area contributed by atoms with E-state index in [1.807, 2.05) is 13.0 Å². The van der Waals surface area contributed by atoms with Crippen LogP contribution >= 0.6 is 0 Å². The van der Waals surface area contributed by atoms with Crippen molar-refractivity contribution >= 4 is 5.91 Å². The topological polar surface area (TPSA) is 67.8 Å². The number of aliphatic hydroxyl groups excluding tert-OH is 1. The molecule has 1 aliphatic carbocycles. The van der Waals surface area contributed by atoms with Gasteiger partial charge in [0.25, 0.3) is 5.91 Å². The number of amides is 1. The minimum Gasteiger partial charge on any atom is -0.459 e. The molecule has 5 nitrogen and oxygen atoms in total. The third-order valence-corrected chi connectivity index (χ3v) is 5.33. The smallest absolute Gasteiger partial charge is 0.286 e.